The van der Waals surface area contributed by atoms with Crippen LogP contribution in [-0.4, -0.2) is 31.3 Å². The van der Waals surface area contributed by atoms with Crippen molar-refractivity contribution in [2.24, 2.45) is 0 Å². The highest BCUT2D eigenvalue weighted by Gasteiger charge is 2.12. The third-order valence-corrected chi connectivity index (χ3v) is 5.83. The van der Waals surface area contributed by atoms with Crippen LogP contribution in [0.15, 0.2) is 46.5 Å². The first kappa shape index (κ1) is 17.0. The number of aryl methyl sites for hydroxylation is 2. The third kappa shape index (κ3) is 4.15. The van der Waals surface area contributed by atoms with Crippen LogP contribution in [0.1, 0.15) is 17.5 Å². The van der Waals surface area contributed by atoms with E-state index < -0.39 is 9.84 Å². The molecule has 0 radical (unpaired) electrons. The van der Waals surface area contributed by atoms with E-state index in [1.165, 1.54) is 41.6 Å². The average molecular weight is 362 g/mol. The van der Waals surface area contributed by atoms with Gasteiger partial charge in [0.15, 0.2) is 14.9 Å². The minimum atomic E-state index is -3.33. The molecule has 0 spiro atoms. The largest absolute Gasteiger partial charge is 0.324 e. The van der Waals surface area contributed by atoms with Crippen molar-refractivity contribution in [3.8, 4) is 0 Å². The number of fused-ring (bicyclic) bond motifs is 1. The highest BCUT2D eigenvalue weighted by Crippen LogP contribution is 2.27. The van der Waals surface area contributed by atoms with Crippen molar-refractivity contribution in [2.75, 3.05) is 17.3 Å². The summed E-state index contributed by atoms with van der Waals surface area (Å²) in [6.45, 7) is 0. The number of benzene rings is 1. The predicted octanol–water partition coefficient (Wildman–Crippen LogP) is 2.70. The van der Waals surface area contributed by atoms with Crippen molar-refractivity contribution in [1.82, 2.24) is 4.98 Å². The summed E-state index contributed by atoms with van der Waals surface area (Å²) >= 11 is 1.49. The Bertz CT molecular complexity index is 862. The maximum Gasteiger partial charge on any atom is 0.234 e. The zero-order chi connectivity index (χ0) is 17.2. The molecule has 1 aromatic carbocycles. The topological polar surface area (TPSA) is 76.1 Å². The SMILES string of the molecule is CS(=O)(=O)c1ccc(NC(=O)CSc2ccc3c(c2)CCC3)cn1. The van der Waals surface area contributed by atoms with Gasteiger partial charge in [0, 0.05) is 11.2 Å². The molecule has 0 bridgehead atoms. The molecule has 126 valence electrons. The van der Waals surface area contributed by atoms with Gasteiger partial charge in [-0.15, -0.1) is 11.8 Å². The van der Waals surface area contributed by atoms with Gasteiger partial charge in [-0.2, -0.15) is 0 Å². The van der Waals surface area contributed by atoms with Gasteiger partial charge in [-0.3, -0.25) is 4.79 Å². The second kappa shape index (κ2) is 6.94. The highest BCUT2D eigenvalue weighted by molar-refractivity contribution is 8.00. The normalized spacial score (nSPS) is 13.5. The van der Waals surface area contributed by atoms with Gasteiger partial charge in [0.2, 0.25) is 5.91 Å². The molecule has 5 nitrogen and oxygen atoms in total. The minimum Gasteiger partial charge on any atom is -0.324 e. The molecule has 0 aliphatic heterocycles. The van der Waals surface area contributed by atoms with Crippen LogP contribution in [0.25, 0.3) is 0 Å². The third-order valence-electron chi connectivity index (χ3n) is 3.84. The van der Waals surface area contributed by atoms with E-state index in [1.54, 1.807) is 6.07 Å². The number of rotatable bonds is 5. The molecular weight excluding hydrogens is 344 g/mol. The summed E-state index contributed by atoms with van der Waals surface area (Å²) < 4.78 is 22.7. The van der Waals surface area contributed by atoms with Crippen LogP contribution in [0, 0.1) is 0 Å². The Labute approximate surface area is 145 Å². The molecule has 0 fully saturated rings. The number of hydrogen-bond acceptors (Lipinski definition) is 5. The number of sulfone groups is 1. The number of anilines is 1. The van der Waals surface area contributed by atoms with Crippen molar-refractivity contribution >= 4 is 33.2 Å². The summed E-state index contributed by atoms with van der Waals surface area (Å²) in [5.74, 6) is 0.154. The lowest BCUT2D eigenvalue weighted by atomic mass is 10.1. The molecular formula is C17H18N2O3S2. The van der Waals surface area contributed by atoms with Crippen LogP contribution < -0.4 is 5.32 Å². The second-order valence-electron chi connectivity index (χ2n) is 5.78. The molecule has 0 atom stereocenters. The molecule has 3 rings (SSSR count). The summed E-state index contributed by atoms with van der Waals surface area (Å²) in [5.41, 5.74) is 3.30. The van der Waals surface area contributed by atoms with E-state index in [9.17, 15) is 13.2 Å². The number of carbonyl (C=O) groups is 1. The molecule has 0 saturated heterocycles. The van der Waals surface area contributed by atoms with Crippen molar-refractivity contribution in [2.45, 2.75) is 29.2 Å². The van der Waals surface area contributed by atoms with Crippen molar-refractivity contribution < 1.29 is 13.2 Å². The standard InChI is InChI=1S/C17H18N2O3S2/c1-24(21,22)17-8-6-14(10-18-17)19-16(20)11-23-15-7-5-12-3-2-4-13(12)9-15/h5-10H,2-4,11H2,1H3,(H,19,20). The Morgan fingerprint density at radius 1 is 1.21 bits per heavy atom. The molecule has 1 aliphatic rings. The Morgan fingerprint density at radius 2 is 2.00 bits per heavy atom. The predicted molar refractivity (Wildman–Crippen MR) is 95.2 cm³/mol. The zero-order valence-electron chi connectivity index (χ0n) is 13.3. The molecule has 1 heterocycles. The first-order valence-corrected chi connectivity index (χ1v) is 10.5. The number of hydrogen-bond donors (Lipinski definition) is 1. The number of nitrogens with one attached hydrogen (secondary N) is 1. The molecule has 1 N–H and O–H groups in total. The molecule has 1 aliphatic carbocycles. The molecule has 1 amide bonds. The smallest absolute Gasteiger partial charge is 0.234 e. The number of nitrogens with zero attached hydrogens (tertiary/aromatic N) is 1. The molecule has 0 saturated carbocycles. The molecule has 2 aromatic rings. The summed E-state index contributed by atoms with van der Waals surface area (Å²) in [6.07, 6.45) is 5.93. The van der Waals surface area contributed by atoms with E-state index in [0.717, 1.165) is 24.0 Å². The summed E-state index contributed by atoms with van der Waals surface area (Å²) in [5, 5.41) is 2.72. The summed E-state index contributed by atoms with van der Waals surface area (Å²) in [4.78, 5) is 17.0. The Morgan fingerprint density at radius 3 is 2.71 bits per heavy atom. The molecule has 24 heavy (non-hydrogen) atoms. The van der Waals surface area contributed by atoms with E-state index in [-0.39, 0.29) is 10.9 Å². The Kier molecular flexibility index (Phi) is 4.91. The Hall–Kier alpha value is -1.86. The van der Waals surface area contributed by atoms with Crippen molar-refractivity contribution in [3.63, 3.8) is 0 Å². The number of aromatic nitrogens is 1. The van der Waals surface area contributed by atoms with E-state index in [4.69, 9.17) is 0 Å². The van der Waals surface area contributed by atoms with E-state index >= 15 is 0 Å². The van der Waals surface area contributed by atoms with Gasteiger partial charge in [0.05, 0.1) is 17.6 Å². The highest BCUT2D eigenvalue weighted by atomic mass is 32.2. The first-order chi connectivity index (χ1) is 11.4. The van der Waals surface area contributed by atoms with Crippen LogP contribution in [0.3, 0.4) is 0 Å². The maximum atomic E-state index is 12.0. The van der Waals surface area contributed by atoms with Gasteiger partial charge >= 0.3 is 0 Å². The maximum absolute atomic E-state index is 12.0. The van der Waals surface area contributed by atoms with Gasteiger partial charge in [0.1, 0.15) is 0 Å². The first-order valence-electron chi connectivity index (χ1n) is 7.62. The van der Waals surface area contributed by atoms with E-state index in [2.05, 4.69) is 28.5 Å². The lowest BCUT2D eigenvalue weighted by Crippen LogP contribution is -2.14. The molecule has 7 heteroatoms. The van der Waals surface area contributed by atoms with Gasteiger partial charge in [-0.1, -0.05) is 6.07 Å². The quantitative estimate of drug-likeness (QED) is 0.828. The fourth-order valence-electron chi connectivity index (χ4n) is 2.66. The minimum absolute atomic E-state index is 0.00647. The van der Waals surface area contributed by atoms with Crippen LogP contribution in [-0.2, 0) is 27.5 Å². The van der Waals surface area contributed by atoms with Crippen LogP contribution in [0.4, 0.5) is 5.69 Å². The number of amides is 1. The van der Waals surface area contributed by atoms with Crippen molar-refractivity contribution in [1.29, 1.82) is 0 Å². The lowest BCUT2D eigenvalue weighted by Gasteiger charge is -2.07. The van der Waals surface area contributed by atoms with Gasteiger partial charge in [0.25, 0.3) is 0 Å². The fraction of sp³-hybridized carbons (Fsp3) is 0.294. The van der Waals surface area contributed by atoms with Gasteiger partial charge in [-0.05, 0) is 54.7 Å². The monoisotopic (exact) mass is 362 g/mol. The van der Waals surface area contributed by atoms with Crippen molar-refractivity contribution in [3.05, 3.63) is 47.7 Å². The summed E-state index contributed by atoms with van der Waals surface area (Å²) in [7, 11) is -3.33. The summed E-state index contributed by atoms with van der Waals surface area (Å²) in [6, 6.07) is 9.31. The fourth-order valence-corrected chi connectivity index (χ4v) is 3.98. The second-order valence-corrected chi connectivity index (χ2v) is 8.79. The van der Waals surface area contributed by atoms with E-state index in [0.29, 0.717) is 11.4 Å². The van der Waals surface area contributed by atoms with Gasteiger partial charge < -0.3 is 5.32 Å². The lowest BCUT2D eigenvalue weighted by molar-refractivity contribution is -0.113. The van der Waals surface area contributed by atoms with E-state index in [1.807, 2.05) is 0 Å². The number of pyridine rings is 1. The van der Waals surface area contributed by atoms with Crippen LogP contribution in [0.5, 0.6) is 0 Å². The van der Waals surface area contributed by atoms with Crippen LogP contribution >= 0.6 is 11.8 Å². The van der Waals surface area contributed by atoms with Crippen LogP contribution in [0.2, 0.25) is 0 Å². The zero-order valence-corrected chi connectivity index (χ0v) is 14.9. The number of thioether (sulfide) groups is 1. The number of carbonyl (C=O) groups excluding carboxylic acids is 1. The average Bonchev–Trinajstić information content (AvgIpc) is 3.00. The molecule has 1 aromatic heterocycles. The van der Waals surface area contributed by atoms with Gasteiger partial charge in [-0.25, -0.2) is 13.4 Å². The molecule has 0 unspecified atom stereocenters. The Balaban J connectivity index is 1.56.